The van der Waals surface area contributed by atoms with Gasteiger partial charge in [0, 0.05) is 19.0 Å². The van der Waals surface area contributed by atoms with Crippen molar-refractivity contribution in [2.45, 2.75) is 24.9 Å². The number of thiophene rings is 1. The lowest BCUT2D eigenvalue weighted by Crippen LogP contribution is -2.41. The number of rotatable bonds is 7. The van der Waals surface area contributed by atoms with Gasteiger partial charge in [0.15, 0.2) is 0 Å². The van der Waals surface area contributed by atoms with Gasteiger partial charge in [-0.2, -0.15) is 4.31 Å². The molecule has 3 rings (SSSR count). The SMILES string of the molecule is CCOC(=O)c1ccc(S(=O)(=O)N2CCC(C(=O)Nc3sccc3C(=O)OC)CC2)o1. The van der Waals surface area contributed by atoms with Crippen LogP contribution < -0.4 is 5.32 Å². The monoisotopic (exact) mass is 470 g/mol. The average molecular weight is 471 g/mol. The molecule has 31 heavy (non-hydrogen) atoms. The lowest BCUT2D eigenvalue weighted by Gasteiger charge is -2.29. The zero-order valence-corrected chi connectivity index (χ0v) is 18.6. The Morgan fingerprint density at radius 1 is 1.19 bits per heavy atom. The smallest absolute Gasteiger partial charge is 0.374 e. The molecule has 12 heteroatoms. The van der Waals surface area contributed by atoms with E-state index in [0.717, 1.165) is 0 Å². The molecule has 0 unspecified atom stereocenters. The van der Waals surface area contributed by atoms with E-state index in [9.17, 15) is 22.8 Å². The fourth-order valence-electron chi connectivity index (χ4n) is 3.15. The number of methoxy groups -OCH3 is 1. The summed E-state index contributed by atoms with van der Waals surface area (Å²) in [5, 5.41) is 4.45. The summed E-state index contributed by atoms with van der Waals surface area (Å²) in [5.74, 6) is -2.16. The summed E-state index contributed by atoms with van der Waals surface area (Å²) < 4.78 is 41.5. The minimum Gasteiger partial charge on any atom is -0.465 e. The predicted octanol–water partition coefficient (Wildman–Crippen LogP) is 2.34. The molecule has 1 aliphatic heterocycles. The van der Waals surface area contributed by atoms with Crippen LogP contribution >= 0.6 is 11.3 Å². The van der Waals surface area contributed by atoms with Gasteiger partial charge >= 0.3 is 11.9 Å². The van der Waals surface area contributed by atoms with Gasteiger partial charge in [-0.15, -0.1) is 11.3 Å². The molecule has 2 aromatic heterocycles. The molecule has 0 aliphatic carbocycles. The molecule has 0 bridgehead atoms. The molecule has 1 aliphatic rings. The fourth-order valence-corrected chi connectivity index (χ4v) is 5.31. The summed E-state index contributed by atoms with van der Waals surface area (Å²) in [6, 6.07) is 4.03. The van der Waals surface area contributed by atoms with Gasteiger partial charge in [-0.1, -0.05) is 0 Å². The first-order chi connectivity index (χ1) is 14.8. The van der Waals surface area contributed by atoms with Crippen LogP contribution in [-0.4, -0.2) is 57.4 Å². The standard InChI is InChI=1S/C19H22N2O8S2/c1-3-28-19(24)14-4-5-15(29-14)31(25,26)21-9-6-12(7-10-21)16(22)20-17-13(8-11-30-17)18(23)27-2/h4-5,8,11-12H,3,6-7,9-10H2,1-2H3,(H,20,22). The largest absolute Gasteiger partial charge is 0.465 e. The Hall–Kier alpha value is -2.70. The number of carbonyl (C=O) groups excluding carboxylic acids is 3. The number of piperidine rings is 1. The molecule has 168 valence electrons. The highest BCUT2D eigenvalue weighted by molar-refractivity contribution is 7.89. The summed E-state index contributed by atoms with van der Waals surface area (Å²) >= 11 is 1.21. The number of nitrogens with zero attached hydrogens (tertiary/aromatic N) is 1. The van der Waals surface area contributed by atoms with E-state index in [1.165, 1.54) is 34.9 Å². The van der Waals surface area contributed by atoms with Crippen molar-refractivity contribution < 1.29 is 36.7 Å². The molecule has 1 saturated heterocycles. The van der Waals surface area contributed by atoms with Crippen molar-refractivity contribution in [2.75, 3.05) is 32.1 Å². The quantitative estimate of drug-likeness (QED) is 0.610. The predicted molar refractivity (Wildman–Crippen MR) is 110 cm³/mol. The molecule has 2 aromatic rings. The van der Waals surface area contributed by atoms with Crippen LogP contribution in [0.4, 0.5) is 5.00 Å². The van der Waals surface area contributed by atoms with E-state index in [2.05, 4.69) is 5.32 Å². The molecule has 3 heterocycles. The maximum Gasteiger partial charge on any atom is 0.374 e. The van der Waals surface area contributed by atoms with Gasteiger partial charge in [-0.05, 0) is 43.3 Å². The van der Waals surface area contributed by atoms with Gasteiger partial charge in [-0.25, -0.2) is 18.0 Å². The number of carbonyl (C=O) groups is 3. The Balaban J connectivity index is 1.61. The van der Waals surface area contributed by atoms with Crippen molar-refractivity contribution in [2.24, 2.45) is 5.92 Å². The molecule has 10 nitrogen and oxygen atoms in total. The Labute approximate surface area is 183 Å². The van der Waals surface area contributed by atoms with E-state index in [-0.39, 0.29) is 42.0 Å². The lowest BCUT2D eigenvalue weighted by atomic mass is 9.97. The number of sulfonamides is 1. The van der Waals surface area contributed by atoms with Crippen LogP contribution in [-0.2, 0) is 24.3 Å². The molecule has 0 radical (unpaired) electrons. The molecule has 0 aromatic carbocycles. The second kappa shape index (κ2) is 9.62. The van der Waals surface area contributed by atoms with Crippen molar-refractivity contribution in [1.82, 2.24) is 4.31 Å². The van der Waals surface area contributed by atoms with Gasteiger partial charge < -0.3 is 19.2 Å². The van der Waals surface area contributed by atoms with Crippen molar-refractivity contribution in [3.63, 3.8) is 0 Å². The van der Waals surface area contributed by atoms with E-state index in [1.54, 1.807) is 18.4 Å². The number of amides is 1. The molecule has 0 atom stereocenters. The molecule has 1 amide bonds. The Morgan fingerprint density at radius 2 is 1.90 bits per heavy atom. The zero-order chi connectivity index (χ0) is 22.6. The molecular weight excluding hydrogens is 448 g/mol. The van der Waals surface area contributed by atoms with Crippen LogP contribution in [0.15, 0.2) is 33.1 Å². The summed E-state index contributed by atoms with van der Waals surface area (Å²) in [6.07, 6.45) is 0.602. The summed E-state index contributed by atoms with van der Waals surface area (Å²) in [4.78, 5) is 36.0. The summed E-state index contributed by atoms with van der Waals surface area (Å²) in [6.45, 7) is 2.01. The molecule has 1 N–H and O–H groups in total. The number of esters is 2. The second-order valence-electron chi connectivity index (χ2n) is 6.66. The van der Waals surface area contributed by atoms with Crippen molar-refractivity contribution in [3.05, 3.63) is 34.9 Å². The second-order valence-corrected chi connectivity index (χ2v) is 9.45. The van der Waals surface area contributed by atoms with Gasteiger partial charge in [0.2, 0.25) is 16.8 Å². The lowest BCUT2D eigenvalue weighted by molar-refractivity contribution is -0.120. The van der Waals surface area contributed by atoms with Crippen LogP contribution in [0.2, 0.25) is 0 Å². The highest BCUT2D eigenvalue weighted by Crippen LogP contribution is 2.28. The topological polar surface area (TPSA) is 132 Å². The van der Waals surface area contributed by atoms with E-state index < -0.39 is 27.9 Å². The van der Waals surface area contributed by atoms with Crippen LogP contribution in [0.3, 0.4) is 0 Å². The summed E-state index contributed by atoms with van der Waals surface area (Å²) in [5.41, 5.74) is 0.274. The molecule has 0 saturated carbocycles. The Bertz CT molecular complexity index is 1060. The average Bonchev–Trinajstić information content (AvgIpc) is 3.44. The highest BCUT2D eigenvalue weighted by Gasteiger charge is 2.34. The number of ether oxygens (including phenoxy) is 2. The van der Waals surface area contributed by atoms with Crippen LogP contribution in [0.1, 0.15) is 40.7 Å². The maximum atomic E-state index is 12.8. The normalized spacial score (nSPS) is 15.4. The minimum absolute atomic E-state index is 0.115. The first-order valence-corrected chi connectivity index (χ1v) is 11.8. The maximum absolute atomic E-state index is 12.8. The van der Waals surface area contributed by atoms with Crippen molar-refractivity contribution in [1.29, 1.82) is 0 Å². The van der Waals surface area contributed by atoms with Gasteiger partial charge in [0.25, 0.3) is 10.0 Å². The zero-order valence-electron chi connectivity index (χ0n) is 17.0. The first kappa shape index (κ1) is 23.0. The highest BCUT2D eigenvalue weighted by atomic mass is 32.2. The number of anilines is 1. The van der Waals surface area contributed by atoms with E-state index >= 15 is 0 Å². The van der Waals surface area contributed by atoms with E-state index in [4.69, 9.17) is 13.9 Å². The summed E-state index contributed by atoms with van der Waals surface area (Å²) in [7, 11) is -2.68. The van der Waals surface area contributed by atoms with Crippen molar-refractivity contribution >= 4 is 44.2 Å². The van der Waals surface area contributed by atoms with Crippen molar-refractivity contribution in [3.8, 4) is 0 Å². The molecule has 0 spiro atoms. The number of nitrogens with one attached hydrogen (secondary N) is 1. The molecule has 1 fully saturated rings. The van der Waals surface area contributed by atoms with E-state index in [1.807, 2.05) is 0 Å². The minimum atomic E-state index is -3.94. The van der Waals surface area contributed by atoms with Gasteiger partial charge in [0.05, 0.1) is 19.3 Å². The fraction of sp³-hybridized carbons (Fsp3) is 0.421. The molecular formula is C19H22N2O8S2. The third-order valence-corrected chi connectivity index (χ3v) is 7.39. The van der Waals surface area contributed by atoms with Gasteiger partial charge in [-0.3, -0.25) is 4.79 Å². The number of hydrogen-bond acceptors (Lipinski definition) is 9. The van der Waals surface area contributed by atoms with Crippen LogP contribution in [0, 0.1) is 5.92 Å². The van der Waals surface area contributed by atoms with Crippen LogP contribution in [0.25, 0.3) is 0 Å². The number of hydrogen-bond donors (Lipinski definition) is 1. The Morgan fingerprint density at radius 3 is 2.55 bits per heavy atom. The number of furan rings is 1. The Kier molecular flexibility index (Phi) is 7.13. The van der Waals surface area contributed by atoms with E-state index in [0.29, 0.717) is 17.8 Å². The first-order valence-electron chi connectivity index (χ1n) is 9.51. The van der Waals surface area contributed by atoms with Crippen LogP contribution in [0.5, 0.6) is 0 Å². The third-order valence-electron chi connectivity index (χ3n) is 4.78. The van der Waals surface area contributed by atoms with Gasteiger partial charge in [0.1, 0.15) is 5.00 Å². The third kappa shape index (κ3) is 4.97.